The zero-order chi connectivity index (χ0) is 14.8. The van der Waals surface area contributed by atoms with Gasteiger partial charge in [-0.15, -0.1) is 0 Å². The molecule has 3 N–H and O–H groups in total. The molecule has 0 aromatic rings. The van der Waals surface area contributed by atoms with Crippen LogP contribution in [-0.4, -0.2) is 42.7 Å². The highest BCUT2D eigenvalue weighted by atomic mass is 16.7. The van der Waals surface area contributed by atoms with E-state index >= 15 is 0 Å². The number of hydrogen-bond donors (Lipinski definition) is 2. The number of carbonyl (C=O) groups excluding carboxylic acids is 1. The molecular weight excluding hydrogens is 244 g/mol. The van der Waals surface area contributed by atoms with Gasteiger partial charge in [-0.1, -0.05) is 13.8 Å². The summed E-state index contributed by atoms with van der Waals surface area (Å²) in [5.74, 6) is 0.660. The van der Waals surface area contributed by atoms with E-state index in [1.807, 2.05) is 20.8 Å². The Bertz CT molecular complexity index is 301. The van der Waals surface area contributed by atoms with Gasteiger partial charge in [0.15, 0.2) is 0 Å². The molecule has 19 heavy (non-hydrogen) atoms. The number of allylic oxidation sites excluding steroid dienone is 1. The highest BCUT2D eigenvalue weighted by Gasteiger charge is 2.24. The summed E-state index contributed by atoms with van der Waals surface area (Å²) in [4.78, 5) is 19.2. The topological polar surface area (TPSA) is 70.8 Å². The summed E-state index contributed by atoms with van der Waals surface area (Å²) < 4.78 is 0. The van der Waals surface area contributed by atoms with Gasteiger partial charge in [0.2, 0.25) is 0 Å². The van der Waals surface area contributed by atoms with E-state index < -0.39 is 0 Å². The van der Waals surface area contributed by atoms with E-state index in [-0.39, 0.29) is 6.03 Å². The lowest BCUT2D eigenvalue weighted by atomic mass is 10.3. The molecule has 0 aromatic heterocycles. The minimum Gasteiger partial charge on any atom is -0.399 e. The van der Waals surface area contributed by atoms with Gasteiger partial charge in [0, 0.05) is 18.8 Å². The molecule has 6 nitrogen and oxygen atoms in total. The number of rotatable bonds is 8. The minimum absolute atomic E-state index is 0.188. The van der Waals surface area contributed by atoms with Crippen molar-refractivity contribution in [3.8, 4) is 0 Å². The summed E-state index contributed by atoms with van der Waals surface area (Å²) in [5, 5.41) is 4.50. The first-order valence-electron chi connectivity index (χ1n) is 6.86. The van der Waals surface area contributed by atoms with Gasteiger partial charge >= 0.3 is 6.03 Å². The summed E-state index contributed by atoms with van der Waals surface area (Å²) in [7, 11) is 1.50. The lowest BCUT2D eigenvalue weighted by Crippen LogP contribution is -2.46. The second-order valence-electron chi connectivity index (χ2n) is 4.28. The molecule has 0 atom stereocenters. The lowest BCUT2D eigenvalue weighted by molar-refractivity contribution is -0.0945. The first-order valence-corrected chi connectivity index (χ1v) is 6.86. The molecule has 0 heterocycles. The third kappa shape index (κ3) is 5.38. The van der Waals surface area contributed by atoms with Gasteiger partial charge in [-0.2, -0.15) is 0 Å². The number of carbonyl (C=O) groups is 1. The average Bonchev–Trinajstić information content (AvgIpc) is 2.39. The summed E-state index contributed by atoms with van der Waals surface area (Å²) in [6.45, 7) is 9.63. The zero-order valence-corrected chi connectivity index (χ0v) is 12.8. The monoisotopic (exact) mass is 272 g/mol. The van der Waals surface area contributed by atoms with Crippen LogP contribution in [0.15, 0.2) is 11.5 Å². The first kappa shape index (κ1) is 17.6. The van der Waals surface area contributed by atoms with Crippen LogP contribution in [0.4, 0.5) is 4.79 Å². The van der Waals surface area contributed by atoms with Crippen LogP contribution in [0.2, 0.25) is 0 Å². The van der Waals surface area contributed by atoms with Crippen molar-refractivity contribution in [2.75, 3.05) is 26.7 Å². The van der Waals surface area contributed by atoms with Crippen molar-refractivity contribution in [3.63, 3.8) is 0 Å². The van der Waals surface area contributed by atoms with Crippen LogP contribution in [0.3, 0.4) is 0 Å². The van der Waals surface area contributed by atoms with Crippen LogP contribution >= 0.6 is 0 Å². The largest absolute Gasteiger partial charge is 0.399 e. The lowest BCUT2D eigenvalue weighted by Gasteiger charge is -2.31. The van der Waals surface area contributed by atoms with Crippen LogP contribution in [0.1, 0.15) is 40.5 Å². The normalized spacial score (nSPS) is 11.8. The number of nitrogens with one attached hydrogen (secondary N) is 1. The van der Waals surface area contributed by atoms with E-state index in [2.05, 4.69) is 5.32 Å². The maximum atomic E-state index is 12.5. The van der Waals surface area contributed by atoms with E-state index in [9.17, 15) is 4.79 Å². The standard InChI is InChI=1S/C13H28N4O2/c1-6-9-16(12(11(4)14)15-8-3)13(18)17(19-5)10-7-2/h15H,6-10,14H2,1-5H3/b12-11+. The predicted molar refractivity (Wildman–Crippen MR) is 77.0 cm³/mol. The smallest absolute Gasteiger partial charge is 0.349 e. The van der Waals surface area contributed by atoms with Crippen LogP contribution in [-0.2, 0) is 4.84 Å². The van der Waals surface area contributed by atoms with E-state index in [0.717, 1.165) is 12.8 Å². The van der Waals surface area contributed by atoms with E-state index in [4.69, 9.17) is 10.6 Å². The van der Waals surface area contributed by atoms with Crippen molar-refractivity contribution in [2.24, 2.45) is 5.73 Å². The minimum atomic E-state index is -0.188. The Morgan fingerprint density at radius 2 is 1.79 bits per heavy atom. The van der Waals surface area contributed by atoms with Gasteiger partial charge in [-0.3, -0.25) is 9.74 Å². The van der Waals surface area contributed by atoms with Gasteiger partial charge in [-0.25, -0.2) is 9.86 Å². The number of hydrogen-bond acceptors (Lipinski definition) is 4. The van der Waals surface area contributed by atoms with Crippen LogP contribution in [0.25, 0.3) is 0 Å². The van der Waals surface area contributed by atoms with Crippen molar-refractivity contribution < 1.29 is 9.63 Å². The highest BCUT2D eigenvalue weighted by molar-refractivity contribution is 5.75. The molecule has 0 saturated carbocycles. The third-order valence-electron chi connectivity index (χ3n) is 2.53. The summed E-state index contributed by atoms with van der Waals surface area (Å²) in [5.41, 5.74) is 6.46. The van der Waals surface area contributed by atoms with Crippen molar-refractivity contribution in [3.05, 3.63) is 11.5 Å². The summed E-state index contributed by atoms with van der Waals surface area (Å²) >= 11 is 0. The predicted octanol–water partition coefficient (Wildman–Crippen LogP) is 1.85. The van der Waals surface area contributed by atoms with Gasteiger partial charge in [0.1, 0.15) is 5.82 Å². The van der Waals surface area contributed by atoms with Gasteiger partial charge < -0.3 is 11.1 Å². The molecule has 0 aliphatic carbocycles. The number of nitrogens with two attached hydrogens (primary N) is 1. The van der Waals surface area contributed by atoms with Crippen molar-refractivity contribution in [1.29, 1.82) is 0 Å². The third-order valence-corrected chi connectivity index (χ3v) is 2.53. The Morgan fingerprint density at radius 1 is 1.21 bits per heavy atom. The second kappa shape index (κ2) is 9.49. The Hall–Kier alpha value is -1.43. The molecule has 0 aliphatic heterocycles. The molecule has 112 valence electrons. The molecule has 0 aromatic carbocycles. The average molecular weight is 272 g/mol. The molecular formula is C13H28N4O2. The Morgan fingerprint density at radius 3 is 2.16 bits per heavy atom. The second-order valence-corrected chi connectivity index (χ2v) is 4.28. The quantitative estimate of drug-likeness (QED) is 0.662. The Balaban J connectivity index is 5.16. The zero-order valence-electron chi connectivity index (χ0n) is 12.8. The maximum absolute atomic E-state index is 12.5. The fourth-order valence-electron chi connectivity index (χ4n) is 1.74. The molecule has 6 heteroatoms. The number of urea groups is 1. The maximum Gasteiger partial charge on any atom is 0.349 e. The van der Waals surface area contributed by atoms with Crippen molar-refractivity contribution in [1.82, 2.24) is 15.3 Å². The molecule has 2 amide bonds. The van der Waals surface area contributed by atoms with Crippen molar-refractivity contribution >= 4 is 6.03 Å². The Kier molecular flexibility index (Phi) is 8.78. The number of nitrogens with zero attached hydrogens (tertiary/aromatic N) is 2. The van der Waals surface area contributed by atoms with Gasteiger partial charge in [0.05, 0.1) is 13.7 Å². The molecule has 0 unspecified atom stereocenters. The number of hydroxylamine groups is 2. The molecule has 0 bridgehead atoms. The van der Waals surface area contributed by atoms with Gasteiger partial charge in [0.25, 0.3) is 0 Å². The van der Waals surface area contributed by atoms with Gasteiger partial charge in [-0.05, 0) is 26.7 Å². The summed E-state index contributed by atoms with van der Waals surface area (Å²) in [6, 6.07) is -0.188. The molecule has 0 spiro atoms. The van der Waals surface area contributed by atoms with Crippen LogP contribution in [0.5, 0.6) is 0 Å². The van der Waals surface area contributed by atoms with E-state index in [1.54, 1.807) is 11.8 Å². The van der Waals surface area contributed by atoms with E-state index in [0.29, 0.717) is 31.2 Å². The fourth-order valence-corrected chi connectivity index (χ4v) is 1.74. The van der Waals surface area contributed by atoms with Crippen LogP contribution < -0.4 is 11.1 Å². The SMILES string of the molecule is CCCN(OC)C(=O)N(CCC)/C(NCC)=C(\C)N. The molecule has 0 radical (unpaired) electrons. The van der Waals surface area contributed by atoms with Crippen LogP contribution in [0, 0.1) is 0 Å². The molecule has 0 fully saturated rings. The Labute approximate surface area is 116 Å². The fraction of sp³-hybridized carbons (Fsp3) is 0.769. The van der Waals surface area contributed by atoms with E-state index in [1.165, 1.54) is 12.2 Å². The number of amides is 2. The van der Waals surface area contributed by atoms with Crippen molar-refractivity contribution in [2.45, 2.75) is 40.5 Å². The highest BCUT2D eigenvalue weighted by Crippen LogP contribution is 2.10. The molecule has 0 rings (SSSR count). The summed E-state index contributed by atoms with van der Waals surface area (Å²) in [6.07, 6.45) is 1.68. The molecule has 0 saturated heterocycles. The molecule has 0 aliphatic rings. The first-order chi connectivity index (χ1) is 9.03.